The van der Waals surface area contributed by atoms with Crippen molar-refractivity contribution < 1.29 is 13.2 Å². The standard InChI is InChI=1S/C12H15N3O3S/c1-14(2)19(16,17)15-12(8-9-13-15)10-4-6-11(18-3)7-5-10/h4-9H,1-3H3. The van der Waals surface area contributed by atoms with E-state index < -0.39 is 10.2 Å². The molecule has 0 saturated heterocycles. The van der Waals surface area contributed by atoms with E-state index >= 15 is 0 Å². The molecule has 7 heteroatoms. The van der Waals surface area contributed by atoms with Crippen LogP contribution in [0.25, 0.3) is 11.3 Å². The van der Waals surface area contributed by atoms with Gasteiger partial charge in [-0.25, -0.2) is 0 Å². The van der Waals surface area contributed by atoms with Crippen LogP contribution in [0.4, 0.5) is 0 Å². The van der Waals surface area contributed by atoms with Gasteiger partial charge in [0.05, 0.1) is 19.0 Å². The number of benzene rings is 1. The summed E-state index contributed by atoms with van der Waals surface area (Å²) in [7, 11) is 0.893. The maximum Gasteiger partial charge on any atom is 0.322 e. The van der Waals surface area contributed by atoms with E-state index in [1.54, 1.807) is 37.4 Å². The fourth-order valence-corrected chi connectivity index (χ4v) is 2.50. The molecule has 2 rings (SSSR count). The smallest absolute Gasteiger partial charge is 0.322 e. The third-order valence-electron chi connectivity index (χ3n) is 2.68. The number of hydrogen-bond donors (Lipinski definition) is 0. The summed E-state index contributed by atoms with van der Waals surface area (Å²) in [5.41, 5.74) is 1.26. The molecule has 0 unspecified atom stereocenters. The Labute approximate surface area is 112 Å². The maximum atomic E-state index is 12.1. The molecule has 0 spiro atoms. The summed E-state index contributed by atoms with van der Waals surface area (Å²) in [5, 5.41) is 3.88. The Hall–Kier alpha value is -1.86. The summed E-state index contributed by atoms with van der Waals surface area (Å²) < 4.78 is 31.4. The third kappa shape index (κ3) is 2.47. The zero-order valence-corrected chi connectivity index (χ0v) is 11.8. The second-order valence-electron chi connectivity index (χ2n) is 4.08. The topological polar surface area (TPSA) is 64.4 Å². The van der Waals surface area contributed by atoms with Crippen LogP contribution in [0.5, 0.6) is 5.75 Å². The Bertz CT molecular complexity index is 660. The zero-order chi connectivity index (χ0) is 14.0. The Morgan fingerprint density at radius 2 is 1.79 bits per heavy atom. The fourth-order valence-electron chi connectivity index (χ4n) is 1.60. The first kappa shape index (κ1) is 13.6. The lowest BCUT2D eigenvalue weighted by atomic mass is 10.1. The first-order valence-electron chi connectivity index (χ1n) is 5.58. The fraction of sp³-hybridized carbons (Fsp3) is 0.250. The third-order valence-corrected chi connectivity index (χ3v) is 4.33. The molecule has 102 valence electrons. The summed E-state index contributed by atoms with van der Waals surface area (Å²) >= 11 is 0. The number of rotatable bonds is 4. The molecule has 2 aromatic rings. The first-order valence-corrected chi connectivity index (χ1v) is 6.98. The van der Waals surface area contributed by atoms with E-state index in [4.69, 9.17) is 4.74 Å². The summed E-state index contributed by atoms with van der Waals surface area (Å²) in [6, 6.07) is 8.78. The largest absolute Gasteiger partial charge is 0.497 e. The van der Waals surface area contributed by atoms with Crippen molar-refractivity contribution in [2.45, 2.75) is 0 Å². The lowest BCUT2D eigenvalue weighted by Gasteiger charge is -2.13. The minimum Gasteiger partial charge on any atom is -0.497 e. The van der Waals surface area contributed by atoms with Crippen LogP contribution >= 0.6 is 0 Å². The van der Waals surface area contributed by atoms with Crippen LogP contribution in [0.3, 0.4) is 0 Å². The summed E-state index contributed by atoms with van der Waals surface area (Å²) in [5.74, 6) is 0.713. The highest BCUT2D eigenvalue weighted by molar-refractivity contribution is 7.87. The zero-order valence-electron chi connectivity index (χ0n) is 10.9. The summed E-state index contributed by atoms with van der Waals surface area (Å²) in [6.45, 7) is 0. The predicted octanol–water partition coefficient (Wildman–Crippen LogP) is 1.21. The molecular weight excluding hydrogens is 266 g/mol. The molecule has 1 heterocycles. The highest BCUT2D eigenvalue weighted by Crippen LogP contribution is 2.23. The molecule has 0 N–H and O–H groups in total. The van der Waals surface area contributed by atoms with Gasteiger partial charge in [0.25, 0.3) is 0 Å². The molecule has 0 saturated carbocycles. The molecule has 0 aliphatic carbocycles. The second-order valence-corrected chi connectivity index (χ2v) is 6.05. The maximum absolute atomic E-state index is 12.1. The number of ether oxygens (including phenoxy) is 1. The lowest BCUT2D eigenvalue weighted by Crippen LogP contribution is -2.30. The Balaban J connectivity index is 2.50. The summed E-state index contributed by atoms with van der Waals surface area (Å²) in [6.07, 6.45) is 1.46. The van der Waals surface area contributed by atoms with Gasteiger partial charge in [-0.05, 0) is 30.3 Å². The molecule has 0 atom stereocenters. The van der Waals surface area contributed by atoms with E-state index in [1.165, 1.54) is 20.3 Å². The van der Waals surface area contributed by atoms with Crippen LogP contribution in [0.1, 0.15) is 0 Å². The van der Waals surface area contributed by atoms with Crippen molar-refractivity contribution in [3.63, 3.8) is 0 Å². The van der Waals surface area contributed by atoms with Gasteiger partial charge in [0.1, 0.15) is 5.75 Å². The molecule has 0 radical (unpaired) electrons. The summed E-state index contributed by atoms with van der Waals surface area (Å²) in [4.78, 5) is 0. The van der Waals surface area contributed by atoms with Gasteiger partial charge in [-0.2, -0.15) is 17.8 Å². The monoisotopic (exact) mass is 281 g/mol. The predicted molar refractivity (Wildman–Crippen MR) is 72.2 cm³/mol. The number of methoxy groups -OCH3 is 1. The Kier molecular flexibility index (Phi) is 3.59. The van der Waals surface area contributed by atoms with Gasteiger partial charge in [0, 0.05) is 19.7 Å². The number of nitrogens with zero attached hydrogens (tertiary/aromatic N) is 3. The van der Waals surface area contributed by atoms with Gasteiger partial charge in [-0.1, -0.05) is 0 Å². The molecule has 0 aliphatic rings. The van der Waals surface area contributed by atoms with Crippen molar-refractivity contribution in [3.05, 3.63) is 36.5 Å². The first-order chi connectivity index (χ1) is 8.96. The van der Waals surface area contributed by atoms with Crippen molar-refractivity contribution in [1.82, 2.24) is 13.5 Å². The van der Waals surface area contributed by atoms with Crippen molar-refractivity contribution in [1.29, 1.82) is 0 Å². The van der Waals surface area contributed by atoms with E-state index in [-0.39, 0.29) is 0 Å². The van der Waals surface area contributed by atoms with Crippen LogP contribution in [0, 0.1) is 0 Å². The van der Waals surface area contributed by atoms with Gasteiger partial charge < -0.3 is 4.74 Å². The van der Waals surface area contributed by atoms with E-state index in [0.29, 0.717) is 11.4 Å². The molecule has 19 heavy (non-hydrogen) atoms. The quantitative estimate of drug-likeness (QED) is 0.845. The van der Waals surface area contributed by atoms with Crippen LogP contribution in [0.2, 0.25) is 0 Å². The minimum absolute atomic E-state index is 0.511. The molecule has 0 fully saturated rings. The van der Waals surface area contributed by atoms with E-state index in [2.05, 4.69) is 5.10 Å². The number of hydrogen-bond acceptors (Lipinski definition) is 4. The Morgan fingerprint density at radius 1 is 1.16 bits per heavy atom. The van der Waals surface area contributed by atoms with Crippen molar-refractivity contribution in [3.8, 4) is 17.0 Å². The van der Waals surface area contributed by atoms with E-state index in [1.807, 2.05) is 0 Å². The van der Waals surface area contributed by atoms with Gasteiger partial charge in [-0.3, -0.25) is 0 Å². The molecule has 1 aromatic heterocycles. The van der Waals surface area contributed by atoms with Crippen LogP contribution in [0.15, 0.2) is 36.5 Å². The Morgan fingerprint density at radius 3 is 2.32 bits per heavy atom. The average Bonchev–Trinajstić information content (AvgIpc) is 2.88. The molecule has 0 aliphatic heterocycles. The van der Waals surface area contributed by atoms with Gasteiger partial charge in [0.2, 0.25) is 0 Å². The molecule has 0 bridgehead atoms. The highest BCUT2D eigenvalue weighted by atomic mass is 32.2. The average molecular weight is 281 g/mol. The molecular formula is C12H15N3O3S. The second kappa shape index (κ2) is 5.02. The van der Waals surface area contributed by atoms with Crippen LogP contribution in [-0.2, 0) is 10.2 Å². The van der Waals surface area contributed by atoms with Crippen LogP contribution in [-0.4, -0.2) is 43.1 Å². The van der Waals surface area contributed by atoms with Gasteiger partial charge in [0.15, 0.2) is 0 Å². The van der Waals surface area contributed by atoms with Crippen LogP contribution < -0.4 is 4.74 Å². The molecule has 1 aromatic carbocycles. The van der Waals surface area contributed by atoms with Gasteiger partial charge >= 0.3 is 10.2 Å². The normalized spacial score (nSPS) is 11.8. The van der Waals surface area contributed by atoms with E-state index in [9.17, 15) is 8.42 Å². The minimum atomic E-state index is -3.62. The molecule has 6 nitrogen and oxygen atoms in total. The number of aromatic nitrogens is 2. The molecule has 0 amide bonds. The van der Waals surface area contributed by atoms with Crippen molar-refractivity contribution in [2.24, 2.45) is 0 Å². The van der Waals surface area contributed by atoms with Crippen molar-refractivity contribution in [2.75, 3.05) is 21.2 Å². The van der Waals surface area contributed by atoms with Gasteiger partial charge in [-0.15, -0.1) is 4.09 Å². The SMILES string of the molecule is COc1ccc(-c2ccnn2S(=O)(=O)N(C)C)cc1. The van der Waals surface area contributed by atoms with E-state index in [0.717, 1.165) is 14.0 Å². The highest BCUT2D eigenvalue weighted by Gasteiger charge is 2.21. The lowest BCUT2D eigenvalue weighted by molar-refractivity contribution is 0.415. The van der Waals surface area contributed by atoms with Crippen molar-refractivity contribution >= 4 is 10.2 Å².